The van der Waals surface area contributed by atoms with Crippen LogP contribution in [0.1, 0.15) is 18.5 Å². The number of hydrogen-bond acceptors (Lipinski definition) is 4. The van der Waals surface area contributed by atoms with Crippen LogP contribution in [0, 0.1) is 0 Å². The van der Waals surface area contributed by atoms with Gasteiger partial charge in [0.2, 0.25) is 5.88 Å². The molecule has 1 heterocycles. The van der Waals surface area contributed by atoms with E-state index < -0.39 is 0 Å². The lowest BCUT2D eigenvalue weighted by molar-refractivity contribution is 0.212. The Bertz CT molecular complexity index is 500. The standard InChI is InChI=1S/C16H20N2O2/c1-13(17-2)14-8-9-16(18-12-14)20-11-10-19-15-6-4-3-5-7-15/h3-9,12-13,17H,10-11H2,1-2H3. The average molecular weight is 272 g/mol. The van der Waals surface area contributed by atoms with Gasteiger partial charge in [0.15, 0.2) is 0 Å². The van der Waals surface area contributed by atoms with E-state index in [9.17, 15) is 0 Å². The molecule has 20 heavy (non-hydrogen) atoms. The van der Waals surface area contributed by atoms with E-state index >= 15 is 0 Å². The van der Waals surface area contributed by atoms with Crippen molar-refractivity contribution in [2.75, 3.05) is 20.3 Å². The van der Waals surface area contributed by atoms with Gasteiger partial charge < -0.3 is 14.8 Å². The Kier molecular flexibility index (Phi) is 5.38. The van der Waals surface area contributed by atoms with Crippen molar-refractivity contribution in [3.8, 4) is 11.6 Å². The Balaban J connectivity index is 1.74. The molecule has 0 fully saturated rings. The number of benzene rings is 1. The van der Waals surface area contributed by atoms with Gasteiger partial charge in [-0.25, -0.2) is 4.98 Å². The minimum absolute atomic E-state index is 0.290. The molecule has 1 unspecified atom stereocenters. The lowest BCUT2D eigenvalue weighted by Crippen LogP contribution is -2.13. The third-order valence-electron chi connectivity index (χ3n) is 3.04. The quantitative estimate of drug-likeness (QED) is 0.787. The summed E-state index contributed by atoms with van der Waals surface area (Å²) in [5.74, 6) is 1.47. The van der Waals surface area contributed by atoms with Crippen molar-refractivity contribution in [2.45, 2.75) is 13.0 Å². The van der Waals surface area contributed by atoms with E-state index in [0.717, 1.165) is 11.3 Å². The fourth-order valence-corrected chi connectivity index (χ4v) is 1.72. The van der Waals surface area contributed by atoms with Crippen molar-refractivity contribution in [1.82, 2.24) is 10.3 Å². The van der Waals surface area contributed by atoms with Gasteiger partial charge in [-0.1, -0.05) is 24.3 Å². The molecule has 1 N–H and O–H groups in total. The number of aromatic nitrogens is 1. The molecule has 1 aromatic carbocycles. The fourth-order valence-electron chi connectivity index (χ4n) is 1.72. The maximum absolute atomic E-state index is 5.54. The second-order valence-electron chi connectivity index (χ2n) is 4.45. The summed E-state index contributed by atoms with van der Waals surface area (Å²) in [5, 5.41) is 3.17. The van der Waals surface area contributed by atoms with Crippen LogP contribution in [0.3, 0.4) is 0 Å². The molecule has 4 heteroatoms. The Morgan fingerprint density at radius 3 is 2.45 bits per heavy atom. The van der Waals surface area contributed by atoms with Gasteiger partial charge in [0, 0.05) is 18.3 Å². The first-order valence-corrected chi connectivity index (χ1v) is 6.73. The molecule has 0 spiro atoms. The van der Waals surface area contributed by atoms with Crippen molar-refractivity contribution in [3.63, 3.8) is 0 Å². The highest BCUT2D eigenvalue weighted by molar-refractivity contribution is 5.21. The van der Waals surface area contributed by atoms with Crippen LogP contribution in [0.25, 0.3) is 0 Å². The van der Waals surface area contributed by atoms with E-state index in [0.29, 0.717) is 19.1 Å². The van der Waals surface area contributed by atoms with Gasteiger partial charge in [-0.15, -0.1) is 0 Å². The van der Waals surface area contributed by atoms with Crippen molar-refractivity contribution in [3.05, 3.63) is 54.2 Å². The van der Waals surface area contributed by atoms with E-state index in [1.165, 1.54) is 0 Å². The van der Waals surface area contributed by atoms with Crippen LogP contribution in [0.2, 0.25) is 0 Å². The molecular formula is C16H20N2O2. The Hall–Kier alpha value is -2.07. The predicted molar refractivity (Wildman–Crippen MR) is 79.1 cm³/mol. The Morgan fingerprint density at radius 1 is 1.05 bits per heavy atom. The summed E-state index contributed by atoms with van der Waals surface area (Å²) in [5.41, 5.74) is 1.14. The lowest BCUT2D eigenvalue weighted by atomic mass is 10.1. The highest BCUT2D eigenvalue weighted by Crippen LogP contribution is 2.14. The zero-order valence-electron chi connectivity index (χ0n) is 11.9. The third-order valence-corrected chi connectivity index (χ3v) is 3.04. The number of para-hydroxylation sites is 1. The summed E-state index contributed by atoms with van der Waals surface area (Å²) < 4.78 is 11.1. The van der Waals surface area contributed by atoms with Crippen LogP contribution in [-0.4, -0.2) is 25.2 Å². The molecule has 1 atom stereocenters. The van der Waals surface area contributed by atoms with Gasteiger partial charge in [-0.3, -0.25) is 0 Å². The average Bonchev–Trinajstić information content (AvgIpc) is 2.52. The second kappa shape index (κ2) is 7.50. The van der Waals surface area contributed by atoms with Gasteiger partial charge in [0.1, 0.15) is 19.0 Å². The van der Waals surface area contributed by atoms with Gasteiger partial charge >= 0.3 is 0 Å². The second-order valence-corrected chi connectivity index (χ2v) is 4.45. The summed E-state index contributed by atoms with van der Waals surface area (Å²) in [6, 6.07) is 13.9. The summed E-state index contributed by atoms with van der Waals surface area (Å²) >= 11 is 0. The van der Waals surface area contributed by atoms with Crippen LogP contribution in [0.15, 0.2) is 48.7 Å². The maximum Gasteiger partial charge on any atom is 0.213 e. The zero-order chi connectivity index (χ0) is 14.2. The zero-order valence-corrected chi connectivity index (χ0v) is 11.9. The molecule has 0 bridgehead atoms. The molecule has 0 saturated carbocycles. The molecule has 0 aliphatic heterocycles. The molecule has 4 nitrogen and oxygen atoms in total. The highest BCUT2D eigenvalue weighted by atomic mass is 16.5. The van der Waals surface area contributed by atoms with Gasteiger partial charge in [-0.2, -0.15) is 0 Å². The van der Waals surface area contributed by atoms with E-state index in [2.05, 4.69) is 17.2 Å². The molecule has 0 saturated heterocycles. The van der Waals surface area contributed by atoms with E-state index in [1.54, 1.807) is 0 Å². The van der Waals surface area contributed by atoms with Crippen LogP contribution in [0.5, 0.6) is 11.6 Å². The predicted octanol–water partition coefficient (Wildman–Crippen LogP) is 2.82. The van der Waals surface area contributed by atoms with E-state index in [-0.39, 0.29) is 6.04 Å². The summed E-state index contributed by atoms with van der Waals surface area (Å²) in [6.45, 7) is 3.06. The summed E-state index contributed by atoms with van der Waals surface area (Å²) in [6.07, 6.45) is 1.83. The van der Waals surface area contributed by atoms with Gasteiger partial charge in [-0.05, 0) is 31.7 Å². The van der Waals surface area contributed by atoms with E-state index in [1.807, 2.05) is 55.7 Å². The SMILES string of the molecule is CNC(C)c1ccc(OCCOc2ccccc2)nc1. The Labute approximate surface area is 119 Å². The first-order valence-electron chi connectivity index (χ1n) is 6.73. The molecule has 0 amide bonds. The largest absolute Gasteiger partial charge is 0.490 e. The molecule has 0 aliphatic rings. The van der Waals surface area contributed by atoms with Gasteiger partial charge in [0.05, 0.1) is 0 Å². The molecule has 2 rings (SSSR count). The van der Waals surface area contributed by atoms with Crippen LogP contribution >= 0.6 is 0 Å². The minimum atomic E-state index is 0.290. The summed E-state index contributed by atoms with van der Waals surface area (Å²) in [7, 11) is 1.93. The maximum atomic E-state index is 5.54. The van der Waals surface area contributed by atoms with Gasteiger partial charge in [0.25, 0.3) is 0 Å². The number of rotatable bonds is 7. The van der Waals surface area contributed by atoms with Crippen LogP contribution in [0.4, 0.5) is 0 Å². The normalized spacial score (nSPS) is 11.9. The number of nitrogens with one attached hydrogen (secondary N) is 1. The smallest absolute Gasteiger partial charge is 0.213 e. The fraction of sp³-hybridized carbons (Fsp3) is 0.312. The molecule has 2 aromatic rings. The number of hydrogen-bond donors (Lipinski definition) is 1. The van der Waals surface area contributed by atoms with E-state index in [4.69, 9.17) is 9.47 Å². The minimum Gasteiger partial charge on any atom is -0.490 e. The lowest BCUT2D eigenvalue weighted by Gasteiger charge is -2.11. The number of nitrogens with zero attached hydrogens (tertiary/aromatic N) is 1. The first-order chi connectivity index (χ1) is 9.79. The first kappa shape index (κ1) is 14.3. The van der Waals surface area contributed by atoms with Crippen molar-refractivity contribution >= 4 is 0 Å². The Morgan fingerprint density at radius 2 is 1.80 bits per heavy atom. The third kappa shape index (κ3) is 4.24. The van der Waals surface area contributed by atoms with Crippen molar-refractivity contribution in [2.24, 2.45) is 0 Å². The number of ether oxygens (including phenoxy) is 2. The monoisotopic (exact) mass is 272 g/mol. The van der Waals surface area contributed by atoms with Crippen molar-refractivity contribution < 1.29 is 9.47 Å². The topological polar surface area (TPSA) is 43.4 Å². The van der Waals surface area contributed by atoms with Crippen LogP contribution < -0.4 is 14.8 Å². The molecule has 106 valence electrons. The molecule has 0 aliphatic carbocycles. The highest BCUT2D eigenvalue weighted by Gasteiger charge is 2.03. The number of pyridine rings is 1. The molecule has 0 radical (unpaired) electrons. The van der Waals surface area contributed by atoms with Crippen LogP contribution in [-0.2, 0) is 0 Å². The summed E-state index contributed by atoms with van der Waals surface area (Å²) in [4.78, 5) is 4.27. The molecule has 1 aromatic heterocycles. The molecular weight excluding hydrogens is 252 g/mol. The van der Waals surface area contributed by atoms with Crippen molar-refractivity contribution in [1.29, 1.82) is 0 Å².